The SMILES string of the molecule is CC1=Cc2c(C(C)C)ccc(C)c2[CH]1.[CH3][Zr][Cl]. The molecule has 0 bridgehead atoms. The van der Waals surface area contributed by atoms with E-state index in [0.29, 0.717) is 5.92 Å². The third-order valence-electron chi connectivity index (χ3n) is 2.90. The molecule has 0 fully saturated rings. The van der Waals surface area contributed by atoms with Crippen LogP contribution in [0.2, 0.25) is 4.63 Å². The van der Waals surface area contributed by atoms with Gasteiger partial charge in [0.2, 0.25) is 0 Å². The van der Waals surface area contributed by atoms with Crippen molar-refractivity contribution in [2.24, 2.45) is 0 Å². The van der Waals surface area contributed by atoms with Crippen molar-refractivity contribution in [2.75, 3.05) is 0 Å². The van der Waals surface area contributed by atoms with Crippen LogP contribution < -0.4 is 0 Å². The third kappa shape index (κ3) is 3.80. The Labute approximate surface area is 121 Å². The molecule has 0 nitrogen and oxygen atoms in total. The van der Waals surface area contributed by atoms with Crippen molar-refractivity contribution in [1.29, 1.82) is 0 Å². The van der Waals surface area contributed by atoms with Crippen molar-refractivity contribution in [2.45, 2.75) is 38.2 Å². The van der Waals surface area contributed by atoms with Crippen LogP contribution in [0.25, 0.3) is 6.08 Å². The van der Waals surface area contributed by atoms with Crippen LogP contribution in [0.1, 0.15) is 48.9 Å². The van der Waals surface area contributed by atoms with Gasteiger partial charge in [-0.25, -0.2) is 0 Å². The molecule has 0 saturated carbocycles. The summed E-state index contributed by atoms with van der Waals surface area (Å²) in [6.07, 6.45) is 4.59. The van der Waals surface area contributed by atoms with Crippen molar-refractivity contribution in [3.8, 4) is 0 Å². The number of fused-ring (bicyclic) bond motifs is 1. The average Bonchev–Trinajstić information content (AvgIpc) is 2.61. The Morgan fingerprint density at radius 2 is 1.71 bits per heavy atom. The molecule has 0 atom stereocenters. The van der Waals surface area contributed by atoms with Gasteiger partial charge >= 0.3 is 35.2 Å². The number of hydrogen-bond acceptors (Lipinski definition) is 0. The van der Waals surface area contributed by atoms with E-state index in [1.807, 2.05) is 0 Å². The Kier molecular flexibility index (Phi) is 6.17. The summed E-state index contributed by atoms with van der Waals surface area (Å²) in [5.74, 6) is 0.611. The van der Waals surface area contributed by atoms with Gasteiger partial charge in [-0.15, -0.1) is 0 Å². The van der Waals surface area contributed by atoms with E-state index in [1.54, 1.807) is 0 Å². The molecular weight excluding hydrogens is 307 g/mol. The molecule has 17 heavy (non-hydrogen) atoms. The molecule has 0 aliphatic heterocycles. The Morgan fingerprint density at radius 3 is 2.24 bits per heavy atom. The van der Waals surface area contributed by atoms with E-state index in [4.69, 9.17) is 8.51 Å². The monoisotopic (exact) mass is 325 g/mol. The fourth-order valence-electron chi connectivity index (χ4n) is 2.12. The van der Waals surface area contributed by atoms with Crippen LogP contribution in [0.4, 0.5) is 0 Å². The quantitative estimate of drug-likeness (QED) is 0.651. The van der Waals surface area contributed by atoms with E-state index >= 15 is 0 Å². The zero-order valence-corrected chi connectivity index (χ0v) is 14.5. The molecule has 91 valence electrons. The normalized spacial score (nSPS) is 12.8. The molecule has 0 saturated heterocycles. The first kappa shape index (κ1) is 15.2. The first-order chi connectivity index (χ1) is 8.01. The molecule has 1 aromatic rings. The first-order valence-electron chi connectivity index (χ1n) is 5.95. The second-order valence-corrected chi connectivity index (χ2v) is 7.84. The summed E-state index contributed by atoms with van der Waals surface area (Å²) in [6.45, 7) is 8.87. The summed E-state index contributed by atoms with van der Waals surface area (Å²) in [5, 5.41) is 0. The zero-order valence-electron chi connectivity index (χ0n) is 11.3. The van der Waals surface area contributed by atoms with Gasteiger partial charge in [-0.3, -0.25) is 0 Å². The molecule has 0 aromatic heterocycles. The number of aryl methyl sites for hydroxylation is 1. The second-order valence-electron chi connectivity index (χ2n) is 4.68. The number of rotatable bonds is 1. The van der Waals surface area contributed by atoms with Crippen molar-refractivity contribution in [1.82, 2.24) is 0 Å². The van der Waals surface area contributed by atoms with Gasteiger partial charge in [-0.2, -0.15) is 0 Å². The molecule has 2 heteroatoms. The summed E-state index contributed by atoms with van der Waals surface area (Å²) in [4.78, 5) is 0. The molecule has 1 radical (unpaired) electrons. The van der Waals surface area contributed by atoms with E-state index in [-0.39, 0.29) is 22.0 Å². The molecule has 1 aliphatic rings. The molecule has 1 aliphatic carbocycles. The summed E-state index contributed by atoms with van der Waals surface area (Å²) in [5.41, 5.74) is 7.10. The van der Waals surface area contributed by atoms with E-state index in [1.165, 1.54) is 27.8 Å². The minimum atomic E-state index is -0.298. The number of benzene rings is 1. The number of hydrogen-bond donors (Lipinski definition) is 0. The van der Waals surface area contributed by atoms with Crippen molar-refractivity contribution in [3.63, 3.8) is 0 Å². The van der Waals surface area contributed by atoms with Gasteiger partial charge in [0.05, 0.1) is 0 Å². The van der Waals surface area contributed by atoms with Gasteiger partial charge < -0.3 is 0 Å². The van der Waals surface area contributed by atoms with Crippen LogP contribution in [0, 0.1) is 13.3 Å². The fraction of sp³-hybridized carbons (Fsp3) is 0.400. The number of allylic oxidation sites excluding steroid dienone is 1. The Morgan fingerprint density at radius 1 is 1.12 bits per heavy atom. The minimum absolute atomic E-state index is 0.298. The van der Waals surface area contributed by atoms with Crippen LogP contribution in [0.3, 0.4) is 0 Å². The van der Waals surface area contributed by atoms with Crippen LogP contribution >= 0.6 is 8.51 Å². The molecule has 0 N–H and O–H groups in total. The second kappa shape index (κ2) is 6.90. The first-order valence-corrected chi connectivity index (χ1v) is 11.6. The van der Waals surface area contributed by atoms with Crippen molar-refractivity contribution in [3.05, 3.63) is 46.4 Å². The molecular formula is C15H20ClZr. The summed E-state index contributed by atoms with van der Waals surface area (Å²) in [6, 6.07) is 4.50. The molecule has 0 amide bonds. The third-order valence-corrected chi connectivity index (χ3v) is 2.90. The maximum atomic E-state index is 5.17. The molecule has 2 rings (SSSR count). The Bertz CT molecular complexity index is 419. The van der Waals surface area contributed by atoms with Gasteiger partial charge in [0.15, 0.2) is 0 Å². The van der Waals surface area contributed by atoms with Gasteiger partial charge in [0.25, 0.3) is 0 Å². The van der Waals surface area contributed by atoms with E-state index in [9.17, 15) is 0 Å². The van der Waals surface area contributed by atoms with Crippen molar-refractivity contribution < 1.29 is 22.0 Å². The van der Waals surface area contributed by atoms with E-state index < -0.39 is 0 Å². The summed E-state index contributed by atoms with van der Waals surface area (Å²) < 4.78 is 2.06. The fourth-order valence-corrected chi connectivity index (χ4v) is 2.12. The van der Waals surface area contributed by atoms with Gasteiger partial charge in [0, 0.05) is 6.42 Å². The van der Waals surface area contributed by atoms with Crippen molar-refractivity contribution >= 4 is 14.6 Å². The van der Waals surface area contributed by atoms with Crippen LogP contribution in [-0.2, 0) is 22.0 Å². The van der Waals surface area contributed by atoms with Crippen LogP contribution in [-0.4, -0.2) is 0 Å². The van der Waals surface area contributed by atoms with Crippen LogP contribution in [0.5, 0.6) is 0 Å². The zero-order chi connectivity index (χ0) is 13.0. The van der Waals surface area contributed by atoms with Gasteiger partial charge in [0.1, 0.15) is 0 Å². The predicted octanol–water partition coefficient (Wildman–Crippen LogP) is 5.36. The molecule has 1 aromatic carbocycles. The molecule has 0 unspecified atom stereocenters. The number of halogens is 1. The standard InChI is InChI=1S/C14H17.CH3.ClH.Zr/c1-9(2)12-6-5-11(4)13-7-10(3)8-14(12)13;;;/h5-9H,1-4H3;1H3;1H;/q;;;+1/p-1. The van der Waals surface area contributed by atoms with Gasteiger partial charge in [-0.1, -0.05) is 37.6 Å². The summed E-state index contributed by atoms with van der Waals surface area (Å²) in [7, 11) is 5.17. The van der Waals surface area contributed by atoms with E-state index in [2.05, 4.69) is 57.0 Å². The van der Waals surface area contributed by atoms with Crippen LogP contribution in [0.15, 0.2) is 17.7 Å². The summed E-state index contributed by atoms with van der Waals surface area (Å²) >= 11 is -0.298. The average molecular weight is 327 g/mol. The van der Waals surface area contributed by atoms with E-state index in [0.717, 1.165) is 0 Å². The predicted molar refractivity (Wildman–Crippen MR) is 74.0 cm³/mol. The molecule has 0 heterocycles. The Balaban J connectivity index is 0.000000437. The topological polar surface area (TPSA) is 0 Å². The maximum absolute atomic E-state index is 5.17. The Hall–Kier alpha value is 0.133. The molecule has 0 spiro atoms. The van der Waals surface area contributed by atoms with Gasteiger partial charge in [-0.05, 0) is 42.0 Å².